The van der Waals surface area contributed by atoms with Gasteiger partial charge in [0.25, 0.3) is 5.91 Å². The van der Waals surface area contributed by atoms with Crippen LogP contribution in [0.3, 0.4) is 0 Å². The molecule has 0 fully saturated rings. The zero-order valence-corrected chi connectivity index (χ0v) is 12.3. The first-order valence-electron chi connectivity index (χ1n) is 6.60. The van der Waals surface area contributed by atoms with E-state index in [2.05, 4.69) is 4.98 Å². The molecule has 0 saturated heterocycles. The number of thiazole rings is 1. The van der Waals surface area contributed by atoms with Crippen LogP contribution in [0.4, 0.5) is 5.69 Å². The summed E-state index contributed by atoms with van der Waals surface area (Å²) in [5, 5.41) is 9.30. The van der Waals surface area contributed by atoms with Crippen molar-refractivity contribution < 1.29 is 14.7 Å². The maximum atomic E-state index is 12.7. The topological polar surface area (TPSA) is 70.5 Å². The number of carboxylic acids is 1. The lowest BCUT2D eigenvalue weighted by atomic mass is 9.92. The van der Waals surface area contributed by atoms with Crippen molar-refractivity contribution >= 4 is 28.9 Å². The van der Waals surface area contributed by atoms with Crippen LogP contribution in [0.5, 0.6) is 0 Å². The summed E-state index contributed by atoms with van der Waals surface area (Å²) in [6, 6.07) is 7.47. The molecule has 21 heavy (non-hydrogen) atoms. The minimum Gasteiger partial charge on any atom is -0.481 e. The van der Waals surface area contributed by atoms with Gasteiger partial charge in [0.15, 0.2) is 0 Å². The summed E-state index contributed by atoms with van der Waals surface area (Å²) in [5.41, 5.74) is 4.01. The van der Waals surface area contributed by atoms with Crippen molar-refractivity contribution in [2.24, 2.45) is 5.92 Å². The summed E-state index contributed by atoms with van der Waals surface area (Å²) in [4.78, 5) is 30.3. The van der Waals surface area contributed by atoms with Gasteiger partial charge in [-0.2, -0.15) is 0 Å². The van der Waals surface area contributed by atoms with E-state index in [1.54, 1.807) is 17.3 Å². The lowest BCUT2D eigenvalue weighted by Gasteiger charge is -2.32. The number of aromatic nitrogens is 1. The van der Waals surface area contributed by atoms with Crippen molar-refractivity contribution in [3.05, 3.63) is 45.9 Å². The number of carbonyl (C=O) groups excluding carboxylic acids is 1. The van der Waals surface area contributed by atoms with E-state index in [0.29, 0.717) is 17.0 Å². The van der Waals surface area contributed by atoms with Gasteiger partial charge in [0, 0.05) is 12.2 Å². The highest BCUT2D eigenvalue weighted by Crippen LogP contribution is 2.31. The molecule has 1 aromatic carbocycles. The number of carboxylic acid groups (broad SMARTS) is 1. The zero-order chi connectivity index (χ0) is 15.0. The van der Waals surface area contributed by atoms with Gasteiger partial charge in [-0.1, -0.05) is 18.2 Å². The Labute approximate surface area is 125 Å². The van der Waals surface area contributed by atoms with Crippen LogP contribution in [0.1, 0.15) is 20.9 Å². The van der Waals surface area contributed by atoms with E-state index in [9.17, 15) is 14.7 Å². The number of nitrogens with zero attached hydrogens (tertiary/aromatic N) is 2. The summed E-state index contributed by atoms with van der Waals surface area (Å²) in [6.07, 6.45) is 0.455. The lowest BCUT2D eigenvalue weighted by Crippen LogP contribution is -2.42. The van der Waals surface area contributed by atoms with Gasteiger partial charge in [0.05, 0.1) is 17.1 Å². The molecule has 1 aliphatic heterocycles. The van der Waals surface area contributed by atoms with Crippen LogP contribution >= 0.6 is 11.3 Å². The molecule has 0 bridgehead atoms. The minimum absolute atomic E-state index is 0.173. The van der Waals surface area contributed by atoms with Crippen molar-refractivity contribution in [3.63, 3.8) is 0 Å². The average Bonchev–Trinajstić information content (AvgIpc) is 2.91. The molecule has 0 spiro atoms. The van der Waals surface area contributed by atoms with Crippen molar-refractivity contribution in [1.29, 1.82) is 0 Å². The van der Waals surface area contributed by atoms with E-state index in [-0.39, 0.29) is 12.5 Å². The first kappa shape index (κ1) is 13.8. The molecule has 0 aliphatic carbocycles. The first-order chi connectivity index (χ1) is 10.1. The number of hydrogen-bond donors (Lipinski definition) is 1. The maximum absolute atomic E-state index is 12.7. The Morgan fingerprint density at radius 3 is 2.81 bits per heavy atom. The molecule has 0 radical (unpaired) electrons. The SMILES string of the molecule is Cc1ncsc1C(=O)N1CC(C(=O)O)Cc2ccccc21. The molecule has 1 aromatic heterocycles. The molecule has 5 nitrogen and oxygen atoms in total. The van der Waals surface area contributed by atoms with E-state index < -0.39 is 11.9 Å². The second-order valence-corrected chi connectivity index (χ2v) is 5.91. The van der Waals surface area contributed by atoms with Gasteiger partial charge in [-0.3, -0.25) is 9.59 Å². The van der Waals surface area contributed by atoms with Gasteiger partial charge in [-0.15, -0.1) is 11.3 Å². The second kappa shape index (κ2) is 5.29. The molecule has 0 saturated carbocycles. The molecule has 1 atom stereocenters. The standard InChI is InChI=1S/C15H14N2O3S/c1-9-13(21-8-16-9)14(18)17-7-11(15(19)20)6-10-4-2-3-5-12(10)17/h2-5,8,11H,6-7H2,1H3,(H,19,20). The van der Waals surface area contributed by atoms with Crippen molar-refractivity contribution in [2.45, 2.75) is 13.3 Å². The van der Waals surface area contributed by atoms with Gasteiger partial charge in [-0.05, 0) is 25.0 Å². The number of rotatable bonds is 2. The molecule has 2 aromatic rings. The Morgan fingerprint density at radius 2 is 2.14 bits per heavy atom. The van der Waals surface area contributed by atoms with Gasteiger partial charge in [0.1, 0.15) is 4.88 Å². The minimum atomic E-state index is -0.872. The quantitative estimate of drug-likeness (QED) is 0.924. The number of benzene rings is 1. The summed E-state index contributed by atoms with van der Waals surface area (Å²) in [7, 11) is 0. The predicted molar refractivity (Wildman–Crippen MR) is 79.8 cm³/mol. The fraction of sp³-hybridized carbons (Fsp3) is 0.267. The molecule has 1 amide bonds. The third-order valence-electron chi connectivity index (χ3n) is 3.69. The number of hydrogen-bond acceptors (Lipinski definition) is 4. The number of carbonyl (C=O) groups is 2. The highest BCUT2D eigenvalue weighted by molar-refractivity contribution is 7.12. The number of amides is 1. The lowest BCUT2D eigenvalue weighted by molar-refractivity contribution is -0.141. The third kappa shape index (κ3) is 2.42. The maximum Gasteiger partial charge on any atom is 0.308 e. The largest absolute Gasteiger partial charge is 0.481 e. The van der Waals surface area contributed by atoms with Crippen LogP contribution in [0.2, 0.25) is 0 Å². The second-order valence-electron chi connectivity index (χ2n) is 5.05. The van der Waals surface area contributed by atoms with Crippen LogP contribution in [-0.2, 0) is 11.2 Å². The van der Waals surface area contributed by atoms with E-state index in [1.165, 1.54) is 11.3 Å². The Bertz CT molecular complexity index is 710. The average molecular weight is 302 g/mol. The van der Waals surface area contributed by atoms with E-state index in [4.69, 9.17) is 0 Å². The van der Waals surface area contributed by atoms with Gasteiger partial charge < -0.3 is 10.0 Å². The van der Waals surface area contributed by atoms with E-state index >= 15 is 0 Å². The third-order valence-corrected chi connectivity index (χ3v) is 4.60. The van der Waals surface area contributed by atoms with Crippen LogP contribution in [-0.4, -0.2) is 28.5 Å². The molecule has 108 valence electrons. The molecule has 2 heterocycles. The van der Waals surface area contributed by atoms with Gasteiger partial charge in [-0.25, -0.2) is 4.98 Å². The van der Waals surface area contributed by atoms with Crippen LogP contribution in [0.15, 0.2) is 29.8 Å². The van der Waals surface area contributed by atoms with Crippen molar-refractivity contribution in [2.75, 3.05) is 11.4 Å². The predicted octanol–water partition coefficient (Wildman–Crippen LogP) is 2.36. The van der Waals surface area contributed by atoms with Gasteiger partial charge >= 0.3 is 5.97 Å². The van der Waals surface area contributed by atoms with Crippen LogP contribution in [0, 0.1) is 12.8 Å². The van der Waals surface area contributed by atoms with Crippen molar-refractivity contribution in [3.8, 4) is 0 Å². The summed E-state index contributed by atoms with van der Waals surface area (Å²) in [6.45, 7) is 1.98. The number of aryl methyl sites for hydroxylation is 1. The Hall–Kier alpha value is -2.21. The molecular weight excluding hydrogens is 288 g/mol. The molecular formula is C15H14N2O3S. The monoisotopic (exact) mass is 302 g/mol. The number of anilines is 1. The Balaban J connectivity index is 2.02. The van der Waals surface area contributed by atoms with E-state index in [1.807, 2.05) is 24.3 Å². The smallest absolute Gasteiger partial charge is 0.308 e. The normalized spacial score (nSPS) is 17.4. The van der Waals surface area contributed by atoms with Crippen molar-refractivity contribution in [1.82, 2.24) is 4.98 Å². The molecule has 6 heteroatoms. The number of aliphatic carboxylic acids is 1. The molecule has 1 N–H and O–H groups in total. The first-order valence-corrected chi connectivity index (χ1v) is 7.48. The number of para-hydroxylation sites is 1. The molecule has 1 aliphatic rings. The number of fused-ring (bicyclic) bond motifs is 1. The van der Waals surface area contributed by atoms with Crippen LogP contribution in [0.25, 0.3) is 0 Å². The van der Waals surface area contributed by atoms with Crippen LogP contribution < -0.4 is 4.90 Å². The van der Waals surface area contributed by atoms with Gasteiger partial charge in [0.2, 0.25) is 0 Å². The zero-order valence-electron chi connectivity index (χ0n) is 11.4. The molecule has 3 rings (SSSR count). The highest BCUT2D eigenvalue weighted by Gasteiger charge is 2.33. The summed E-state index contributed by atoms with van der Waals surface area (Å²) < 4.78 is 0. The Kier molecular flexibility index (Phi) is 3.47. The molecule has 1 unspecified atom stereocenters. The summed E-state index contributed by atoms with van der Waals surface area (Å²) >= 11 is 1.29. The van der Waals surface area contributed by atoms with E-state index in [0.717, 1.165) is 11.3 Å². The highest BCUT2D eigenvalue weighted by atomic mass is 32.1. The fourth-order valence-corrected chi connectivity index (χ4v) is 3.33. The Morgan fingerprint density at radius 1 is 1.38 bits per heavy atom. The summed E-state index contributed by atoms with van der Waals surface area (Å²) in [5.74, 6) is -1.62. The fourth-order valence-electron chi connectivity index (χ4n) is 2.58.